The number of aromatic nitrogens is 2. The number of hydrogen-bond acceptors (Lipinski definition) is 2. The molecular formula is C16H15ClN2O. The molecule has 1 aromatic heterocycles. The minimum absolute atomic E-state index is 0.442. The van der Waals surface area contributed by atoms with Gasteiger partial charge >= 0.3 is 0 Å². The van der Waals surface area contributed by atoms with Gasteiger partial charge in [-0.3, -0.25) is 0 Å². The first-order valence-electron chi connectivity index (χ1n) is 6.38. The Morgan fingerprint density at radius 1 is 1.25 bits per heavy atom. The summed E-state index contributed by atoms with van der Waals surface area (Å²) >= 11 is 5.91. The smallest absolute Gasteiger partial charge is 0.123 e. The van der Waals surface area contributed by atoms with Crippen molar-refractivity contribution in [3.05, 3.63) is 48.3 Å². The molecule has 0 bridgehead atoms. The standard InChI is InChI=1S/C16H15ClN2O/c1-19-10-18-16-13(4-3-5-14(16)19)11-6-7-12(9-17)15(8-11)20-2/h3-8,10H,9H2,1-2H3. The van der Waals surface area contributed by atoms with Crippen molar-refractivity contribution in [1.29, 1.82) is 0 Å². The maximum absolute atomic E-state index is 5.91. The minimum Gasteiger partial charge on any atom is -0.496 e. The molecule has 20 heavy (non-hydrogen) atoms. The zero-order valence-corrected chi connectivity index (χ0v) is 12.2. The molecule has 0 N–H and O–H groups in total. The monoisotopic (exact) mass is 286 g/mol. The van der Waals surface area contributed by atoms with Crippen molar-refractivity contribution >= 4 is 22.6 Å². The summed E-state index contributed by atoms with van der Waals surface area (Å²) in [5.41, 5.74) is 5.28. The van der Waals surface area contributed by atoms with E-state index in [9.17, 15) is 0 Å². The van der Waals surface area contributed by atoms with Gasteiger partial charge < -0.3 is 9.30 Å². The van der Waals surface area contributed by atoms with Gasteiger partial charge in [0.15, 0.2) is 0 Å². The van der Waals surface area contributed by atoms with Crippen molar-refractivity contribution in [1.82, 2.24) is 9.55 Å². The van der Waals surface area contributed by atoms with Crippen LogP contribution in [0.15, 0.2) is 42.7 Å². The summed E-state index contributed by atoms with van der Waals surface area (Å²) in [6.07, 6.45) is 1.83. The number of halogens is 1. The molecule has 3 nitrogen and oxygen atoms in total. The molecule has 0 atom stereocenters. The number of fused-ring (bicyclic) bond motifs is 1. The summed E-state index contributed by atoms with van der Waals surface area (Å²) in [5, 5.41) is 0. The quantitative estimate of drug-likeness (QED) is 0.681. The largest absolute Gasteiger partial charge is 0.496 e. The predicted molar refractivity (Wildman–Crippen MR) is 82.3 cm³/mol. The molecule has 0 saturated carbocycles. The van der Waals surface area contributed by atoms with Crippen LogP contribution >= 0.6 is 11.6 Å². The van der Waals surface area contributed by atoms with Gasteiger partial charge in [0.2, 0.25) is 0 Å². The highest BCUT2D eigenvalue weighted by atomic mass is 35.5. The molecule has 1 heterocycles. The summed E-state index contributed by atoms with van der Waals surface area (Å²) in [5.74, 6) is 1.25. The van der Waals surface area contributed by atoms with Crippen molar-refractivity contribution in [3.8, 4) is 16.9 Å². The van der Waals surface area contributed by atoms with Crippen LogP contribution in [0.2, 0.25) is 0 Å². The molecule has 0 saturated heterocycles. The lowest BCUT2D eigenvalue weighted by Gasteiger charge is -2.09. The Hall–Kier alpha value is -2.00. The van der Waals surface area contributed by atoms with Crippen LogP contribution in [0.4, 0.5) is 0 Å². The van der Waals surface area contributed by atoms with E-state index in [1.807, 2.05) is 36.1 Å². The van der Waals surface area contributed by atoms with E-state index in [0.717, 1.165) is 33.5 Å². The van der Waals surface area contributed by atoms with Crippen LogP contribution < -0.4 is 4.74 Å². The van der Waals surface area contributed by atoms with Gasteiger partial charge in [0.25, 0.3) is 0 Å². The van der Waals surface area contributed by atoms with E-state index in [2.05, 4.69) is 23.2 Å². The SMILES string of the molecule is COc1cc(-c2cccc3c2ncn3C)ccc1CCl. The molecule has 102 valence electrons. The molecule has 0 aliphatic carbocycles. The molecule has 0 radical (unpaired) electrons. The van der Waals surface area contributed by atoms with Crippen molar-refractivity contribution in [2.24, 2.45) is 7.05 Å². The van der Waals surface area contributed by atoms with Gasteiger partial charge in [0.05, 0.1) is 30.4 Å². The number of imidazole rings is 1. The zero-order valence-electron chi connectivity index (χ0n) is 11.4. The highest BCUT2D eigenvalue weighted by Crippen LogP contribution is 2.32. The molecule has 0 amide bonds. The van der Waals surface area contributed by atoms with Gasteiger partial charge in [0.1, 0.15) is 5.75 Å². The van der Waals surface area contributed by atoms with Gasteiger partial charge in [-0.15, -0.1) is 11.6 Å². The summed E-state index contributed by atoms with van der Waals surface area (Å²) < 4.78 is 7.42. The topological polar surface area (TPSA) is 27.1 Å². The van der Waals surface area contributed by atoms with Gasteiger partial charge in [-0.2, -0.15) is 0 Å². The molecule has 0 spiro atoms. The van der Waals surface area contributed by atoms with Crippen LogP contribution in [0.25, 0.3) is 22.2 Å². The fraction of sp³-hybridized carbons (Fsp3) is 0.188. The Balaban J connectivity index is 2.20. The van der Waals surface area contributed by atoms with E-state index < -0.39 is 0 Å². The molecule has 0 fully saturated rings. The van der Waals surface area contributed by atoms with Crippen LogP contribution in [0, 0.1) is 0 Å². The lowest BCUT2D eigenvalue weighted by molar-refractivity contribution is 0.411. The Kier molecular flexibility index (Phi) is 3.36. The molecule has 0 aliphatic rings. The molecular weight excluding hydrogens is 272 g/mol. The number of benzene rings is 2. The molecule has 0 aliphatic heterocycles. The number of nitrogens with zero attached hydrogens (tertiary/aromatic N) is 2. The number of ether oxygens (including phenoxy) is 1. The van der Waals surface area contributed by atoms with Gasteiger partial charge in [-0.05, 0) is 17.7 Å². The van der Waals surface area contributed by atoms with Crippen LogP contribution in [0.1, 0.15) is 5.56 Å². The first kappa shape index (κ1) is 13.0. The average molecular weight is 287 g/mol. The Bertz CT molecular complexity index is 764. The van der Waals surface area contributed by atoms with Crippen molar-refractivity contribution in [2.75, 3.05) is 7.11 Å². The van der Waals surface area contributed by atoms with E-state index in [-0.39, 0.29) is 0 Å². The maximum Gasteiger partial charge on any atom is 0.123 e. The summed E-state index contributed by atoms with van der Waals surface area (Å²) in [7, 11) is 3.66. The minimum atomic E-state index is 0.442. The van der Waals surface area contributed by atoms with Crippen molar-refractivity contribution in [2.45, 2.75) is 5.88 Å². The van der Waals surface area contributed by atoms with Crippen molar-refractivity contribution in [3.63, 3.8) is 0 Å². The number of para-hydroxylation sites is 1. The number of rotatable bonds is 3. The first-order chi connectivity index (χ1) is 9.74. The van der Waals surface area contributed by atoms with E-state index in [0.29, 0.717) is 5.88 Å². The predicted octanol–water partition coefficient (Wildman–Crippen LogP) is 3.99. The Morgan fingerprint density at radius 2 is 2.10 bits per heavy atom. The Labute approximate surface area is 122 Å². The van der Waals surface area contributed by atoms with Crippen LogP contribution in [-0.2, 0) is 12.9 Å². The normalized spacial score (nSPS) is 10.9. The summed E-state index contributed by atoms with van der Waals surface area (Å²) in [6.45, 7) is 0. The third-order valence-electron chi connectivity index (χ3n) is 3.50. The lowest BCUT2D eigenvalue weighted by Crippen LogP contribution is -1.91. The molecule has 4 heteroatoms. The third kappa shape index (κ3) is 2.04. The summed E-state index contributed by atoms with van der Waals surface area (Å²) in [6, 6.07) is 12.3. The van der Waals surface area contributed by atoms with Crippen molar-refractivity contribution < 1.29 is 4.74 Å². The Morgan fingerprint density at radius 3 is 2.85 bits per heavy atom. The highest BCUT2D eigenvalue weighted by Gasteiger charge is 2.10. The van der Waals surface area contributed by atoms with Gasteiger partial charge in [-0.1, -0.05) is 24.3 Å². The van der Waals surface area contributed by atoms with E-state index in [1.54, 1.807) is 7.11 Å². The fourth-order valence-electron chi connectivity index (χ4n) is 2.41. The number of alkyl halides is 1. The molecule has 2 aromatic carbocycles. The van der Waals surface area contributed by atoms with Crippen LogP contribution in [0.3, 0.4) is 0 Å². The third-order valence-corrected chi connectivity index (χ3v) is 3.78. The van der Waals surface area contributed by atoms with Gasteiger partial charge in [0, 0.05) is 18.2 Å². The van der Waals surface area contributed by atoms with Gasteiger partial charge in [-0.25, -0.2) is 4.98 Å². The average Bonchev–Trinajstić information content (AvgIpc) is 2.88. The second-order valence-corrected chi connectivity index (χ2v) is 4.96. The van der Waals surface area contributed by atoms with Crippen LogP contribution in [-0.4, -0.2) is 16.7 Å². The molecule has 3 aromatic rings. The fourth-order valence-corrected chi connectivity index (χ4v) is 2.63. The van der Waals surface area contributed by atoms with E-state index in [4.69, 9.17) is 16.3 Å². The molecule has 3 rings (SSSR count). The first-order valence-corrected chi connectivity index (χ1v) is 6.91. The zero-order chi connectivity index (χ0) is 14.1. The highest BCUT2D eigenvalue weighted by molar-refractivity contribution is 6.17. The molecule has 0 unspecified atom stereocenters. The van der Waals surface area contributed by atoms with Crippen LogP contribution in [0.5, 0.6) is 5.75 Å². The summed E-state index contributed by atoms with van der Waals surface area (Å²) in [4.78, 5) is 4.49. The number of methoxy groups -OCH3 is 1. The number of hydrogen-bond donors (Lipinski definition) is 0. The maximum atomic E-state index is 5.91. The number of aryl methyl sites for hydroxylation is 1. The second-order valence-electron chi connectivity index (χ2n) is 4.69. The second kappa shape index (κ2) is 5.17. The lowest BCUT2D eigenvalue weighted by atomic mass is 10.0. The van der Waals surface area contributed by atoms with E-state index in [1.165, 1.54) is 0 Å². The van der Waals surface area contributed by atoms with E-state index >= 15 is 0 Å².